The molecule has 1 spiro atoms. The Balaban J connectivity index is 1.73. The van der Waals surface area contributed by atoms with Gasteiger partial charge in [-0.2, -0.15) is 0 Å². The van der Waals surface area contributed by atoms with Gasteiger partial charge in [0.25, 0.3) is 0 Å². The largest absolute Gasteiger partial charge is 0.324 e. The van der Waals surface area contributed by atoms with Crippen molar-refractivity contribution in [3.63, 3.8) is 0 Å². The number of Topliss-reactive ketones (excluding diaryl/α,β-unsaturated/α-hetero) is 1. The molecule has 2 aliphatic rings. The molecule has 3 heterocycles. The molecular weight excluding hydrogens is 381 g/mol. The van der Waals surface area contributed by atoms with E-state index in [2.05, 4.69) is 10.3 Å². The van der Waals surface area contributed by atoms with Gasteiger partial charge in [-0.3, -0.25) is 19.5 Å². The first-order chi connectivity index (χ1) is 14.5. The summed E-state index contributed by atoms with van der Waals surface area (Å²) in [6.45, 7) is 0.490. The van der Waals surface area contributed by atoms with Crippen molar-refractivity contribution >= 4 is 17.4 Å². The fourth-order valence-corrected chi connectivity index (χ4v) is 5.09. The molecule has 0 saturated carbocycles. The van der Waals surface area contributed by atoms with Crippen LogP contribution in [0.15, 0.2) is 73.1 Å². The molecule has 0 bridgehead atoms. The molecule has 6 heteroatoms. The van der Waals surface area contributed by atoms with E-state index >= 15 is 0 Å². The molecule has 1 amide bonds. The third kappa shape index (κ3) is 2.53. The number of fused-ring (bicyclic) bond motifs is 2. The molecule has 5 nitrogen and oxygen atoms in total. The Labute approximate surface area is 173 Å². The summed E-state index contributed by atoms with van der Waals surface area (Å²) in [7, 11) is 1.87. The van der Waals surface area contributed by atoms with Crippen molar-refractivity contribution in [3.05, 3.63) is 95.6 Å². The van der Waals surface area contributed by atoms with Crippen molar-refractivity contribution in [2.75, 3.05) is 18.9 Å². The quantitative estimate of drug-likeness (QED) is 0.682. The van der Waals surface area contributed by atoms with Crippen LogP contribution in [0.2, 0.25) is 0 Å². The van der Waals surface area contributed by atoms with E-state index in [4.69, 9.17) is 0 Å². The average molecular weight is 401 g/mol. The molecule has 2 aromatic carbocycles. The molecule has 1 N–H and O–H groups in total. The number of nitrogens with one attached hydrogen (secondary N) is 1. The maximum absolute atomic E-state index is 13.8. The lowest BCUT2D eigenvalue weighted by atomic mass is 9.70. The van der Waals surface area contributed by atoms with Crippen LogP contribution >= 0.6 is 0 Å². The Morgan fingerprint density at radius 2 is 1.90 bits per heavy atom. The number of hydrogen-bond acceptors (Lipinski definition) is 4. The number of hydrogen-bond donors (Lipinski definition) is 1. The van der Waals surface area contributed by atoms with Gasteiger partial charge in [0.15, 0.2) is 5.78 Å². The van der Waals surface area contributed by atoms with Crippen LogP contribution in [0.5, 0.6) is 0 Å². The summed E-state index contributed by atoms with van der Waals surface area (Å²) in [5.74, 6) is -1.65. The van der Waals surface area contributed by atoms with Crippen LogP contribution in [-0.4, -0.2) is 35.2 Å². The standard InChI is InChI=1S/C24H20FN3O2/c1-28-14-18(15-8-10-17(25)11-9-15)21(22(29)16-5-4-12-26-13-16)24(28)19-6-2-3-7-20(19)27-23(24)30/h2-13,18,21H,14H2,1H3,(H,27,30). The van der Waals surface area contributed by atoms with Crippen LogP contribution in [0.3, 0.4) is 0 Å². The van der Waals surface area contributed by atoms with Gasteiger partial charge in [0.05, 0.1) is 5.92 Å². The first kappa shape index (κ1) is 18.6. The second-order valence-electron chi connectivity index (χ2n) is 7.89. The maximum Gasteiger partial charge on any atom is 0.250 e. The highest BCUT2D eigenvalue weighted by Gasteiger charge is 2.64. The van der Waals surface area contributed by atoms with Gasteiger partial charge in [0, 0.05) is 41.7 Å². The molecule has 150 valence electrons. The summed E-state index contributed by atoms with van der Waals surface area (Å²) in [6, 6.07) is 17.1. The molecule has 1 saturated heterocycles. The number of benzene rings is 2. The molecular formula is C24H20FN3O2. The lowest BCUT2D eigenvalue weighted by Gasteiger charge is -2.35. The summed E-state index contributed by atoms with van der Waals surface area (Å²) >= 11 is 0. The van der Waals surface area contributed by atoms with Crippen molar-refractivity contribution in [2.24, 2.45) is 5.92 Å². The lowest BCUT2D eigenvalue weighted by Crippen LogP contribution is -2.51. The van der Waals surface area contributed by atoms with E-state index in [0.29, 0.717) is 12.1 Å². The third-order valence-corrected chi connectivity index (χ3v) is 6.38. The minimum absolute atomic E-state index is 0.145. The summed E-state index contributed by atoms with van der Waals surface area (Å²) in [5.41, 5.74) is 1.67. The first-order valence-electron chi connectivity index (χ1n) is 9.85. The van der Waals surface area contributed by atoms with E-state index in [-0.39, 0.29) is 23.4 Å². The predicted molar refractivity (Wildman–Crippen MR) is 111 cm³/mol. The number of rotatable bonds is 3. The van der Waals surface area contributed by atoms with Crippen LogP contribution in [0.1, 0.15) is 27.4 Å². The van der Waals surface area contributed by atoms with Gasteiger partial charge in [-0.25, -0.2) is 4.39 Å². The SMILES string of the molecule is CN1CC(c2ccc(F)cc2)C(C(=O)c2cccnc2)C12C(=O)Nc1ccccc12. The minimum atomic E-state index is -1.14. The number of nitrogens with zero attached hydrogens (tertiary/aromatic N) is 2. The number of aromatic nitrogens is 1. The number of halogens is 1. The van der Waals surface area contributed by atoms with Crippen LogP contribution in [0.4, 0.5) is 10.1 Å². The molecule has 30 heavy (non-hydrogen) atoms. The molecule has 1 aromatic heterocycles. The van der Waals surface area contributed by atoms with Gasteiger partial charge in [0.1, 0.15) is 11.4 Å². The molecule has 0 aliphatic carbocycles. The molecule has 5 rings (SSSR count). The van der Waals surface area contributed by atoms with E-state index < -0.39 is 11.5 Å². The van der Waals surface area contributed by atoms with Crippen molar-refractivity contribution < 1.29 is 14.0 Å². The Bertz CT molecular complexity index is 1130. The van der Waals surface area contributed by atoms with Crippen molar-refractivity contribution in [1.82, 2.24) is 9.88 Å². The number of likely N-dealkylation sites (tertiary alicyclic amines) is 1. The number of carbonyl (C=O) groups is 2. The average Bonchev–Trinajstić information content (AvgIpc) is 3.24. The van der Waals surface area contributed by atoms with Crippen LogP contribution in [0, 0.1) is 11.7 Å². The van der Waals surface area contributed by atoms with Crippen LogP contribution in [-0.2, 0) is 10.3 Å². The van der Waals surface area contributed by atoms with E-state index in [1.807, 2.05) is 36.2 Å². The zero-order valence-electron chi connectivity index (χ0n) is 16.4. The maximum atomic E-state index is 13.8. The second-order valence-corrected chi connectivity index (χ2v) is 7.89. The normalized spacial score (nSPS) is 25.3. The number of carbonyl (C=O) groups excluding carboxylic acids is 2. The number of anilines is 1. The number of pyridine rings is 1. The van der Waals surface area contributed by atoms with Gasteiger partial charge in [-0.1, -0.05) is 30.3 Å². The molecule has 3 atom stereocenters. The first-order valence-corrected chi connectivity index (χ1v) is 9.85. The molecule has 0 radical (unpaired) electrons. The Morgan fingerprint density at radius 1 is 1.13 bits per heavy atom. The van der Waals surface area contributed by atoms with Gasteiger partial charge in [-0.05, 0) is 42.9 Å². The molecule has 3 unspecified atom stereocenters. The van der Waals surface area contributed by atoms with Gasteiger partial charge >= 0.3 is 0 Å². The van der Waals surface area contributed by atoms with Crippen molar-refractivity contribution in [3.8, 4) is 0 Å². The van der Waals surface area contributed by atoms with E-state index in [1.165, 1.54) is 18.3 Å². The van der Waals surface area contributed by atoms with E-state index in [0.717, 1.165) is 16.8 Å². The van der Waals surface area contributed by atoms with Crippen LogP contribution < -0.4 is 5.32 Å². The Kier molecular flexibility index (Phi) is 4.25. The predicted octanol–water partition coefficient (Wildman–Crippen LogP) is 3.60. The van der Waals surface area contributed by atoms with Crippen LogP contribution in [0.25, 0.3) is 0 Å². The summed E-state index contributed by atoms with van der Waals surface area (Å²) in [6.07, 6.45) is 3.15. The summed E-state index contributed by atoms with van der Waals surface area (Å²) in [4.78, 5) is 33.4. The van der Waals surface area contributed by atoms with Gasteiger partial charge in [-0.15, -0.1) is 0 Å². The lowest BCUT2D eigenvalue weighted by molar-refractivity contribution is -0.126. The Hall–Kier alpha value is -3.38. The highest BCUT2D eigenvalue weighted by atomic mass is 19.1. The molecule has 2 aliphatic heterocycles. The smallest absolute Gasteiger partial charge is 0.250 e. The highest BCUT2D eigenvalue weighted by molar-refractivity contribution is 6.12. The molecule has 3 aromatic rings. The Morgan fingerprint density at radius 3 is 2.63 bits per heavy atom. The zero-order valence-corrected chi connectivity index (χ0v) is 16.4. The van der Waals surface area contributed by atoms with Crippen molar-refractivity contribution in [2.45, 2.75) is 11.5 Å². The number of ketones is 1. The topological polar surface area (TPSA) is 62.3 Å². The second kappa shape index (κ2) is 6.85. The number of amides is 1. The van der Waals surface area contributed by atoms with E-state index in [1.54, 1.807) is 30.5 Å². The van der Waals surface area contributed by atoms with Gasteiger partial charge < -0.3 is 5.32 Å². The van der Waals surface area contributed by atoms with Crippen molar-refractivity contribution in [1.29, 1.82) is 0 Å². The zero-order chi connectivity index (χ0) is 20.9. The third-order valence-electron chi connectivity index (χ3n) is 6.38. The monoisotopic (exact) mass is 401 g/mol. The minimum Gasteiger partial charge on any atom is -0.324 e. The van der Waals surface area contributed by atoms with Gasteiger partial charge in [0.2, 0.25) is 5.91 Å². The summed E-state index contributed by atoms with van der Waals surface area (Å²) in [5, 5.41) is 2.97. The number of para-hydroxylation sites is 1. The number of likely N-dealkylation sites (N-methyl/N-ethyl adjacent to an activating group) is 1. The molecule has 1 fully saturated rings. The fourth-order valence-electron chi connectivity index (χ4n) is 5.09. The summed E-state index contributed by atoms with van der Waals surface area (Å²) < 4.78 is 13.6. The fraction of sp³-hybridized carbons (Fsp3) is 0.208. The highest BCUT2D eigenvalue weighted by Crippen LogP contribution is 2.55. The van der Waals surface area contributed by atoms with E-state index in [9.17, 15) is 14.0 Å².